The Hall–Kier alpha value is -1.36. The summed E-state index contributed by atoms with van der Waals surface area (Å²) in [6.45, 7) is 9.63. The van der Waals surface area contributed by atoms with Gasteiger partial charge < -0.3 is 4.74 Å². The number of hydrogen-bond donors (Lipinski definition) is 0. The van der Waals surface area contributed by atoms with Gasteiger partial charge >= 0.3 is 5.97 Å². The quantitative estimate of drug-likeness (QED) is 0.529. The summed E-state index contributed by atoms with van der Waals surface area (Å²) in [7, 11) is 0. The van der Waals surface area contributed by atoms with Gasteiger partial charge in [0.1, 0.15) is 6.04 Å². The summed E-state index contributed by atoms with van der Waals surface area (Å²) in [5, 5.41) is 3.52. The molecule has 1 atom stereocenters. The van der Waals surface area contributed by atoms with Gasteiger partial charge in [-0.1, -0.05) is 19.9 Å². The van der Waals surface area contributed by atoms with Crippen molar-refractivity contribution < 1.29 is 14.3 Å². The van der Waals surface area contributed by atoms with Crippen molar-refractivity contribution in [3.05, 3.63) is 12.2 Å². The van der Waals surface area contributed by atoms with E-state index in [0.29, 0.717) is 18.9 Å². The summed E-state index contributed by atoms with van der Waals surface area (Å²) in [6, 6.07) is -0.529. The molecule has 1 aliphatic heterocycles. The highest BCUT2D eigenvalue weighted by Gasteiger charge is 2.36. The first kappa shape index (κ1) is 16.7. The average Bonchev–Trinajstić information content (AvgIpc) is 2.31. The van der Waals surface area contributed by atoms with Gasteiger partial charge in [-0.05, 0) is 32.6 Å². The third-order valence-electron chi connectivity index (χ3n) is 3.22. The zero-order chi connectivity index (χ0) is 15.1. The summed E-state index contributed by atoms with van der Waals surface area (Å²) in [6.07, 6.45) is 4.87. The van der Waals surface area contributed by atoms with Gasteiger partial charge in [0.2, 0.25) is 0 Å². The lowest BCUT2D eigenvalue weighted by atomic mass is 10.0. The number of carbonyl (C=O) groups excluding carboxylic acids is 2. The first-order chi connectivity index (χ1) is 9.51. The third-order valence-corrected chi connectivity index (χ3v) is 3.22. The van der Waals surface area contributed by atoms with E-state index in [1.54, 1.807) is 24.9 Å². The molecule has 1 amide bonds. The first-order valence-electron chi connectivity index (χ1n) is 7.38. The van der Waals surface area contributed by atoms with Crippen LogP contribution in [0.2, 0.25) is 0 Å². The van der Waals surface area contributed by atoms with E-state index < -0.39 is 6.04 Å². The monoisotopic (exact) mass is 282 g/mol. The standard InChI is InChI=1S/C15H26N2O3/c1-5-8-14(18)17(16-9-7-10-16)13(11-12(3)4)15(19)20-6-2/h5,8,12-13H,6-7,9-11H2,1-4H3/b8-5-. The molecule has 0 N–H and O–H groups in total. The number of esters is 1. The van der Waals surface area contributed by atoms with Crippen LogP contribution in [0.3, 0.4) is 0 Å². The largest absolute Gasteiger partial charge is 0.464 e. The molecule has 0 aliphatic carbocycles. The average molecular weight is 282 g/mol. The van der Waals surface area contributed by atoms with Crippen LogP contribution in [0.4, 0.5) is 0 Å². The van der Waals surface area contributed by atoms with Crippen LogP contribution in [0.5, 0.6) is 0 Å². The molecule has 0 radical (unpaired) electrons. The Kier molecular flexibility index (Phi) is 6.71. The van der Waals surface area contributed by atoms with Crippen LogP contribution in [-0.2, 0) is 14.3 Å². The SMILES string of the molecule is C/C=C\C(=O)N(C(CC(C)C)C(=O)OCC)N1CCC1. The molecule has 1 rings (SSSR count). The van der Waals surface area contributed by atoms with Crippen molar-refractivity contribution in [1.29, 1.82) is 0 Å². The summed E-state index contributed by atoms with van der Waals surface area (Å²) in [5.74, 6) is -0.150. The molecule has 0 saturated carbocycles. The van der Waals surface area contributed by atoms with Crippen LogP contribution in [0.15, 0.2) is 12.2 Å². The zero-order valence-corrected chi connectivity index (χ0v) is 13.0. The molecule has 5 nitrogen and oxygen atoms in total. The molecular weight excluding hydrogens is 256 g/mol. The maximum Gasteiger partial charge on any atom is 0.330 e. The van der Waals surface area contributed by atoms with Crippen LogP contribution in [-0.4, -0.2) is 47.6 Å². The maximum atomic E-state index is 12.3. The summed E-state index contributed by atoms with van der Waals surface area (Å²) >= 11 is 0. The highest BCUT2D eigenvalue weighted by atomic mass is 16.5. The molecule has 1 fully saturated rings. The van der Waals surface area contributed by atoms with Gasteiger partial charge in [-0.3, -0.25) is 9.80 Å². The second-order valence-corrected chi connectivity index (χ2v) is 5.39. The number of amides is 1. The molecule has 1 aliphatic rings. The number of nitrogens with zero attached hydrogens (tertiary/aromatic N) is 2. The van der Waals surface area contributed by atoms with Gasteiger partial charge in [-0.25, -0.2) is 9.80 Å². The molecule has 0 aromatic rings. The second kappa shape index (κ2) is 8.04. The fourth-order valence-electron chi connectivity index (χ4n) is 2.20. The van der Waals surface area contributed by atoms with Crippen LogP contribution >= 0.6 is 0 Å². The van der Waals surface area contributed by atoms with Gasteiger partial charge in [0.15, 0.2) is 0 Å². The van der Waals surface area contributed by atoms with Crippen molar-refractivity contribution in [3.63, 3.8) is 0 Å². The van der Waals surface area contributed by atoms with Crippen molar-refractivity contribution in [1.82, 2.24) is 10.0 Å². The topological polar surface area (TPSA) is 49.9 Å². The molecule has 1 saturated heterocycles. The fourth-order valence-corrected chi connectivity index (χ4v) is 2.20. The Morgan fingerprint density at radius 1 is 1.35 bits per heavy atom. The van der Waals surface area contributed by atoms with E-state index in [-0.39, 0.29) is 11.9 Å². The van der Waals surface area contributed by atoms with Crippen LogP contribution < -0.4 is 0 Å². The van der Waals surface area contributed by atoms with E-state index in [4.69, 9.17) is 4.74 Å². The predicted molar refractivity (Wildman–Crippen MR) is 77.7 cm³/mol. The zero-order valence-electron chi connectivity index (χ0n) is 13.0. The first-order valence-corrected chi connectivity index (χ1v) is 7.38. The number of ether oxygens (including phenoxy) is 1. The molecule has 0 spiro atoms. The Morgan fingerprint density at radius 3 is 2.40 bits per heavy atom. The van der Waals surface area contributed by atoms with E-state index in [1.165, 1.54) is 6.08 Å². The molecule has 1 unspecified atom stereocenters. The van der Waals surface area contributed by atoms with Gasteiger partial charge in [-0.15, -0.1) is 0 Å². The van der Waals surface area contributed by atoms with Gasteiger partial charge in [-0.2, -0.15) is 0 Å². The number of allylic oxidation sites excluding steroid dienone is 1. The van der Waals surface area contributed by atoms with Crippen molar-refractivity contribution in [2.75, 3.05) is 19.7 Å². The minimum absolute atomic E-state index is 0.147. The van der Waals surface area contributed by atoms with E-state index in [2.05, 4.69) is 0 Å². The fraction of sp³-hybridized carbons (Fsp3) is 0.733. The number of hydrazine groups is 1. The summed E-state index contributed by atoms with van der Waals surface area (Å²) < 4.78 is 5.15. The van der Waals surface area contributed by atoms with Crippen LogP contribution in [0.1, 0.15) is 40.5 Å². The van der Waals surface area contributed by atoms with Crippen LogP contribution in [0, 0.1) is 5.92 Å². The Bertz CT molecular complexity index is 362. The molecule has 1 heterocycles. The Morgan fingerprint density at radius 2 is 2.00 bits per heavy atom. The van der Waals surface area contributed by atoms with Gasteiger partial charge in [0.05, 0.1) is 6.61 Å². The highest BCUT2D eigenvalue weighted by molar-refractivity contribution is 5.91. The van der Waals surface area contributed by atoms with Crippen molar-refractivity contribution >= 4 is 11.9 Å². The maximum absolute atomic E-state index is 12.3. The molecule has 114 valence electrons. The minimum atomic E-state index is -0.529. The number of carbonyl (C=O) groups is 2. The highest BCUT2D eigenvalue weighted by Crippen LogP contribution is 2.20. The summed E-state index contributed by atoms with van der Waals surface area (Å²) in [5.41, 5.74) is 0. The van der Waals surface area contributed by atoms with Gasteiger partial charge in [0, 0.05) is 19.2 Å². The van der Waals surface area contributed by atoms with Crippen molar-refractivity contribution in [3.8, 4) is 0 Å². The lowest BCUT2D eigenvalue weighted by Crippen LogP contribution is -2.59. The Labute approximate surface area is 121 Å². The predicted octanol–water partition coefficient (Wildman–Crippen LogP) is 1.99. The molecular formula is C15H26N2O3. The second-order valence-electron chi connectivity index (χ2n) is 5.39. The lowest BCUT2D eigenvalue weighted by Gasteiger charge is -2.44. The lowest BCUT2D eigenvalue weighted by molar-refractivity contribution is -0.176. The van der Waals surface area contributed by atoms with Crippen LogP contribution in [0.25, 0.3) is 0 Å². The van der Waals surface area contributed by atoms with Crippen molar-refractivity contribution in [2.45, 2.75) is 46.6 Å². The number of rotatable bonds is 7. The van der Waals surface area contributed by atoms with Crippen molar-refractivity contribution in [2.24, 2.45) is 5.92 Å². The number of hydrogen-bond acceptors (Lipinski definition) is 4. The molecule has 0 aromatic heterocycles. The third kappa shape index (κ3) is 4.34. The van der Waals surface area contributed by atoms with E-state index in [0.717, 1.165) is 19.5 Å². The smallest absolute Gasteiger partial charge is 0.330 e. The summed E-state index contributed by atoms with van der Waals surface area (Å²) in [4.78, 5) is 24.5. The van der Waals surface area contributed by atoms with Gasteiger partial charge in [0.25, 0.3) is 5.91 Å². The van der Waals surface area contributed by atoms with E-state index in [9.17, 15) is 9.59 Å². The van der Waals surface area contributed by atoms with E-state index >= 15 is 0 Å². The Balaban J connectivity index is 2.95. The molecule has 20 heavy (non-hydrogen) atoms. The normalized spacial score (nSPS) is 17.1. The minimum Gasteiger partial charge on any atom is -0.464 e. The molecule has 5 heteroatoms. The molecule has 0 aromatic carbocycles. The molecule has 0 bridgehead atoms. The van der Waals surface area contributed by atoms with E-state index in [1.807, 2.05) is 18.9 Å².